The molecule has 0 spiro atoms. The molecule has 0 fully saturated rings. The van der Waals surface area contributed by atoms with Crippen LogP contribution < -0.4 is 5.32 Å². The fourth-order valence-electron chi connectivity index (χ4n) is 6.47. The lowest BCUT2D eigenvalue weighted by Gasteiger charge is -2.36. The fraction of sp³-hybridized carbons (Fsp3) is 0.471. The zero-order chi connectivity index (χ0) is 24.7. The first-order valence-corrected chi connectivity index (χ1v) is 14.2. The van der Waals surface area contributed by atoms with Crippen molar-refractivity contribution in [1.82, 2.24) is 0 Å². The van der Waals surface area contributed by atoms with E-state index in [4.69, 9.17) is 0 Å². The minimum absolute atomic E-state index is 0.0475. The van der Waals surface area contributed by atoms with Crippen LogP contribution in [-0.2, 0) is 11.0 Å². The van der Waals surface area contributed by atoms with Gasteiger partial charge in [-0.3, -0.25) is 0 Å². The van der Waals surface area contributed by atoms with Crippen LogP contribution in [0.5, 0.6) is 0 Å². The van der Waals surface area contributed by atoms with Crippen molar-refractivity contribution >= 4 is 5.69 Å². The third-order valence-corrected chi connectivity index (χ3v) is 8.60. The molecule has 3 aromatic carbocycles. The summed E-state index contributed by atoms with van der Waals surface area (Å²) in [6, 6.07) is 27.5. The molecule has 0 amide bonds. The van der Waals surface area contributed by atoms with Gasteiger partial charge in [-0.05, 0) is 65.6 Å². The van der Waals surface area contributed by atoms with Crippen molar-refractivity contribution < 1.29 is 0 Å². The summed E-state index contributed by atoms with van der Waals surface area (Å²) >= 11 is 0. The summed E-state index contributed by atoms with van der Waals surface area (Å²) in [6.45, 7) is 9.27. The molecule has 1 aliphatic carbocycles. The second-order valence-corrected chi connectivity index (χ2v) is 10.6. The van der Waals surface area contributed by atoms with Crippen LogP contribution in [0.25, 0.3) is 11.1 Å². The van der Waals surface area contributed by atoms with Crippen LogP contribution in [-0.4, -0.2) is 0 Å². The summed E-state index contributed by atoms with van der Waals surface area (Å²) in [5, 5.41) is 4.03. The van der Waals surface area contributed by atoms with Crippen molar-refractivity contribution in [2.75, 3.05) is 5.32 Å². The molecule has 0 saturated carbocycles. The molecule has 0 bridgehead atoms. The molecule has 1 heteroatoms. The van der Waals surface area contributed by atoms with Gasteiger partial charge in [0.2, 0.25) is 0 Å². The predicted octanol–water partition coefficient (Wildman–Crippen LogP) is 10.2. The minimum atomic E-state index is -0.0475. The van der Waals surface area contributed by atoms with Crippen molar-refractivity contribution in [3.05, 3.63) is 89.5 Å². The van der Waals surface area contributed by atoms with Gasteiger partial charge in [0, 0.05) is 11.1 Å². The molecule has 0 saturated heterocycles. The maximum absolute atomic E-state index is 4.03. The summed E-state index contributed by atoms with van der Waals surface area (Å²) in [5.74, 6) is 0. The number of benzene rings is 3. The van der Waals surface area contributed by atoms with Crippen LogP contribution in [0.1, 0.15) is 109 Å². The minimum Gasteiger partial charge on any atom is -0.376 e. The quantitative estimate of drug-likeness (QED) is 0.246. The standard InChI is InChI=1S/C34H45N/c1-5-9-11-17-25-33(24-10-6-2)31-21-16-15-20-29(31)30-23-22-28(26-32(30)33)35-34(7-3,8-4)27-18-13-12-14-19-27/h12-16,18-23,26,35H,5-11,17,24-25H2,1-4H3. The lowest BCUT2D eigenvalue weighted by atomic mass is 9.70. The molecule has 1 atom stereocenters. The Morgan fingerprint density at radius 3 is 2.00 bits per heavy atom. The Bertz CT molecular complexity index is 1080. The van der Waals surface area contributed by atoms with Crippen LogP contribution in [0.4, 0.5) is 5.69 Å². The number of nitrogens with one attached hydrogen (secondary N) is 1. The molecule has 1 aliphatic rings. The molecule has 0 aliphatic heterocycles. The number of rotatable bonds is 13. The highest BCUT2D eigenvalue weighted by molar-refractivity contribution is 5.82. The van der Waals surface area contributed by atoms with Crippen LogP contribution in [0, 0.1) is 0 Å². The summed E-state index contributed by atoms with van der Waals surface area (Å²) in [5.41, 5.74) is 8.77. The average Bonchev–Trinajstić information content (AvgIpc) is 3.18. The molecule has 0 radical (unpaired) electrons. The third-order valence-electron chi connectivity index (χ3n) is 8.60. The van der Waals surface area contributed by atoms with Gasteiger partial charge in [0.1, 0.15) is 0 Å². The van der Waals surface area contributed by atoms with E-state index >= 15 is 0 Å². The van der Waals surface area contributed by atoms with E-state index in [0.29, 0.717) is 0 Å². The molecule has 3 aromatic rings. The maximum Gasteiger partial charge on any atom is 0.0620 e. The number of fused-ring (bicyclic) bond motifs is 3. The second kappa shape index (κ2) is 11.5. The second-order valence-electron chi connectivity index (χ2n) is 10.6. The van der Waals surface area contributed by atoms with Crippen molar-refractivity contribution in [2.24, 2.45) is 0 Å². The van der Waals surface area contributed by atoms with E-state index in [-0.39, 0.29) is 11.0 Å². The van der Waals surface area contributed by atoms with Crippen molar-refractivity contribution in [3.63, 3.8) is 0 Å². The highest BCUT2D eigenvalue weighted by Gasteiger charge is 2.42. The monoisotopic (exact) mass is 467 g/mol. The van der Waals surface area contributed by atoms with Gasteiger partial charge in [-0.15, -0.1) is 0 Å². The first-order valence-electron chi connectivity index (χ1n) is 14.2. The number of hydrogen-bond donors (Lipinski definition) is 1. The first-order chi connectivity index (χ1) is 17.1. The molecule has 186 valence electrons. The molecule has 1 N–H and O–H groups in total. The van der Waals surface area contributed by atoms with Gasteiger partial charge < -0.3 is 5.32 Å². The molecule has 35 heavy (non-hydrogen) atoms. The van der Waals surface area contributed by atoms with Gasteiger partial charge in [-0.1, -0.05) is 127 Å². The largest absolute Gasteiger partial charge is 0.376 e. The molecule has 1 nitrogen and oxygen atoms in total. The zero-order valence-electron chi connectivity index (χ0n) is 22.5. The Hall–Kier alpha value is -2.54. The van der Waals surface area contributed by atoms with Gasteiger partial charge in [0.05, 0.1) is 5.54 Å². The lowest BCUT2D eigenvalue weighted by molar-refractivity contribution is 0.407. The number of unbranched alkanes of at least 4 members (excludes halogenated alkanes) is 4. The van der Waals surface area contributed by atoms with Crippen molar-refractivity contribution in [2.45, 2.75) is 103 Å². The normalized spacial score (nSPS) is 16.7. The highest BCUT2D eigenvalue weighted by atomic mass is 15.0. The van der Waals surface area contributed by atoms with Crippen LogP contribution in [0.3, 0.4) is 0 Å². The molecular formula is C34H45N. The Morgan fingerprint density at radius 2 is 1.29 bits per heavy atom. The Kier molecular flexibility index (Phi) is 8.37. The highest BCUT2D eigenvalue weighted by Crippen LogP contribution is 2.55. The summed E-state index contributed by atoms with van der Waals surface area (Å²) < 4.78 is 0. The molecule has 0 aromatic heterocycles. The van der Waals surface area contributed by atoms with E-state index in [2.05, 4.69) is 106 Å². The maximum atomic E-state index is 4.03. The van der Waals surface area contributed by atoms with Gasteiger partial charge in [-0.2, -0.15) is 0 Å². The Balaban J connectivity index is 1.77. The average molecular weight is 468 g/mol. The fourth-order valence-corrected chi connectivity index (χ4v) is 6.47. The predicted molar refractivity (Wildman–Crippen MR) is 153 cm³/mol. The van der Waals surface area contributed by atoms with E-state index in [1.54, 1.807) is 11.1 Å². The summed E-state index contributed by atoms with van der Waals surface area (Å²) in [7, 11) is 0. The molecule has 1 unspecified atom stereocenters. The van der Waals surface area contributed by atoms with E-state index in [1.807, 2.05) is 0 Å². The van der Waals surface area contributed by atoms with Gasteiger partial charge in [-0.25, -0.2) is 0 Å². The summed E-state index contributed by atoms with van der Waals surface area (Å²) in [6.07, 6.45) is 12.4. The molecule has 0 heterocycles. The SMILES string of the molecule is CCCCCCC1(CCCC)c2ccccc2-c2ccc(NC(CC)(CC)c3ccccc3)cc21. The number of anilines is 1. The van der Waals surface area contributed by atoms with Gasteiger partial charge in [0.25, 0.3) is 0 Å². The lowest BCUT2D eigenvalue weighted by Crippen LogP contribution is -2.34. The van der Waals surface area contributed by atoms with Crippen molar-refractivity contribution in [3.8, 4) is 11.1 Å². The zero-order valence-corrected chi connectivity index (χ0v) is 22.5. The van der Waals surface area contributed by atoms with E-state index in [9.17, 15) is 0 Å². The first kappa shape index (κ1) is 25.5. The van der Waals surface area contributed by atoms with Gasteiger partial charge >= 0.3 is 0 Å². The van der Waals surface area contributed by atoms with Gasteiger partial charge in [0.15, 0.2) is 0 Å². The van der Waals surface area contributed by atoms with Crippen LogP contribution in [0.15, 0.2) is 72.8 Å². The van der Waals surface area contributed by atoms with Crippen LogP contribution >= 0.6 is 0 Å². The third kappa shape index (κ3) is 4.92. The number of hydrogen-bond acceptors (Lipinski definition) is 1. The van der Waals surface area contributed by atoms with E-state index in [1.165, 1.54) is 73.7 Å². The van der Waals surface area contributed by atoms with Crippen molar-refractivity contribution in [1.29, 1.82) is 0 Å². The van der Waals surface area contributed by atoms with E-state index in [0.717, 1.165) is 12.8 Å². The topological polar surface area (TPSA) is 12.0 Å². The van der Waals surface area contributed by atoms with Crippen LogP contribution in [0.2, 0.25) is 0 Å². The molecule has 4 rings (SSSR count). The summed E-state index contributed by atoms with van der Waals surface area (Å²) in [4.78, 5) is 0. The van der Waals surface area contributed by atoms with E-state index < -0.39 is 0 Å². The molecular weight excluding hydrogens is 422 g/mol. The smallest absolute Gasteiger partial charge is 0.0620 e. The Morgan fingerprint density at radius 1 is 0.629 bits per heavy atom. The Labute approximate surface area is 214 Å².